The van der Waals surface area contributed by atoms with Gasteiger partial charge in [0.05, 0.1) is 25.3 Å². The Hall–Kier alpha value is -3.69. The van der Waals surface area contributed by atoms with Gasteiger partial charge in [-0.25, -0.2) is 9.59 Å². The quantitative estimate of drug-likeness (QED) is 0.544. The van der Waals surface area contributed by atoms with E-state index in [1.165, 1.54) is 21.7 Å². The highest BCUT2D eigenvalue weighted by molar-refractivity contribution is 6.12. The molecule has 1 aromatic heterocycles. The minimum atomic E-state index is -1.38. The van der Waals surface area contributed by atoms with E-state index in [1.807, 2.05) is 0 Å². The van der Waals surface area contributed by atoms with Crippen LogP contribution in [0.1, 0.15) is 72.4 Å². The summed E-state index contributed by atoms with van der Waals surface area (Å²) in [4.78, 5) is 53.1. The van der Waals surface area contributed by atoms with Crippen LogP contribution in [0.4, 0.5) is 5.69 Å². The third-order valence-electron chi connectivity index (χ3n) is 5.75. The number of ether oxygens (including phenoxy) is 2. The van der Waals surface area contributed by atoms with Crippen molar-refractivity contribution >= 4 is 29.4 Å². The topological polar surface area (TPSA) is 120 Å². The molecule has 0 bridgehead atoms. The van der Waals surface area contributed by atoms with E-state index in [9.17, 15) is 19.2 Å². The zero-order valence-electron chi connectivity index (χ0n) is 20.8. The molecule has 0 fully saturated rings. The molecule has 3 rings (SSSR count). The van der Waals surface area contributed by atoms with Crippen molar-refractivity contribution in [3.8, 4) is 0 Å². The third-order valence-corrected chi connectivity index (χ3v) is 5.75. The molecule has 2 amide bonds. The van der Waals surface area contributed by atoms with Gasteiger partial charge in [-0.05, 0) is 51.3 Å². The number of hydrogen-bond donors (Lipinski definition) is 1. The van der Waals surface area contributed by atoms with Crippen LogP contribution in [-0.2, 0) is 20.8 Å². The maximum atomic E-state index is 13.7. The van der Waals surface area contributed by atoms with Gasteiger partial charge in [0, 0.05) is 18.3 Å². The van der Waals surface area contributed by atoms with E-state index in [0.29, 0.717) is 18.2 Å². The largest absolute Gasteiger partial charge is 0.462 e. The molecule has 0 unspecified atom stereocenters. The van der Waals surface area contributed by atoms with Crippen LogP contribution in [-0.4, -0.2) is 58.8 Å². The number of anilines is 1. The van der Waals surface area contributed by atoms with Gasteiger partial charge in [-0.1, -0.05) is 19.9 Å². The second kappa shape index (κ2) is 10.7. The molecule has 2 aromatic rings. The van der Waals surface area contributed by atoms with Gasteiger partial charge in [-0.3, -0.25) is 19.2 Å². The summed E-state index contributed by atoms with van der Waals surface area (Å²) in [6.45, 7) is 9.95. The van der Waals surface area contributed by atoms with Crippen LogP contribution in [0.25, 0.3) is 0 Å². The highest BCUT2D eigenvalue weighted by Crippen LogP contribution is 2.33. The molecule has 1 aliphatic rings. The molecular formula is C25H32N4O6. The second-order valence-electron chi connectivity index (χ2n) is 8.92. The molecule has 1 N–H and O–H groups in total. The molecule has 1 atom stereocenters. The number of nitrogens with zero attached hydrogens (tertiary/aromatic N) is 3. The van der Waals surface area contributed by atoms with Gasteiger partial charge in [-0.2, -0.15) is 5.10 Å². The molecule has 10 heteroatoms. The van der Waals surface area contributed by atoms with Gasteiger partial charge < -0.3 is 14.8 Å². The van der Waals surface area contributed by atoms with E-state index in [0.717, 1.165) is 6.42 Å². The van der Waals surface area contributed by atoms with E-state index >= 15 is 0 Å². The predicted octanol–water partition coefficient (Wildman–Crippen LogP) is 2.82. The first-order valence-corrected chi connectivity index (χ1v) is 11.8. The number of esters is 2. The zero-order chi connectivity index (χ0) is 25.8. The molecule has 10 nitrogen and oxygen atoms in total. The number of rotatable bonds is 9. The van der Waals surface area contributed by atoms with Crippen LogP contribution < -0.4 is 10.2 Å². The maximum Gasteiger partial charge on any atom is 0.358 e. The van der Waals surface area contributed by atoms with Crippen molar-refractivity contribution in [2.45, 2.75) is 53.1 Å². The summed E-state index contributed by atoms with van der Waals surface area (Å²) in [5.74, 6) is -1.69. The Morgan fingerprint density at radius 2 is 1.80 bits per heavy atom. The molecule has 2 heterocycles. The van der Waals surface area contributed by atoms with Crippen LogP contribution in [0.3, 0.4) is 0 Å². The van der Waals surface area contributed by atoms with Gasteiger partial charge in [0.2, 0.25) is 5.91 Å². The molecule has 0 aliphatic carbocycles. The minimum Gasteiger partial charge on any atom is -0.462 e. The third kappa shape index (κ3) is 5.36. The van der Waals surface area contributed by atoms with Crippen LogP contribution in [0, 0.1) is 5.92 Å². The average molecular weight is 485 g/mol. The summed E-state index contributed by atoms with van der Waals surface area (Å²) in [5, 5.41) is 7.17. The van der Waals surface area contributed by atoms with Gasteiger partial charge in [-0.15, -0.1) is 0 Å². The van der Waals surface area contributed by atoms with Crippen molar-refractivity contribution in [3.05, 3.63) is 47.3 Å². The Bertz CT molecular complexity index is 1120. The Labute approximate surface area is 204 Å². The molecule has 0 radical (unpaired) electrons. The van der Waals surface area contributed by atoms with Crippen molar-refractivity contribution in [2.75, 3.05) is 24.7 Å². The lowest BCUT2D eigenvalue weighted by atomic mass is 9.93. The van der Waals surface area contributed by atoms with E-state index < -0.39 is 23.4 Å². The van der Waals surface area contributed by atoms with Crippen LogP contribution >= 0.6 is 0 Å². The van der Waals surface area contributed by atoms with Crippen LogP contribution in [0.15, 0.2) is 30.3 Å². The fraction of sp³-hybridized carbons (Fsp3) is 0.480. The molecule has 0 saturated carbocycles. The lowest BCUT2D eigenvalue weighted by Gasteiger charge is -2.43. The standard InChI is InChI=1S/C25H32N4O6/c1-6-34-22(31)17-9-8-10-18(13-17)29-21(30)20-14-19(23(32)35-7-2)27-28(20)15-25(29,5)24(33)26-12-11-16(3)4/h8-10,13-14,16H,6-7,11-12,15H2,1-5H3,(H,26,33)/t25-/m1/s1. The first-order chi connectivity index (χ1) is 16.6. The summed E-state index contributed by atoms with van der Waals surface area (Å²) in [5.41, 5.74) is -0.646. The van der Waals surface area contributed by atoms with Gasteiger partial charge in [0.1, 0.15) is 11.2 Å². The first-order valence-electron chi connectivity index (χ1n) is 11.8. The predicted molar refractivity (Wildman–Crippen MR) is 128 cm³/mol. The van der Waals surface area contributed by atoms with Gasteiger partial charge in [0.25, 0.3) is 5.91 Å². The fourth-order valence-electron chi connectivity index (χ4n) is 3.94. The summed E-state index contributed by atoms with van der Waals surface area (Å²) in [6.07, 6.45) is 0.772. The molecule has 0 spiro atoms. The van der Waals surface area contributed by atoms with Gasteiger partial charge in [0.15, 0.2) is 5.69 Å². The Morgan fingerprint density at radius 1 is 1.11 bits per heavy atom. The van der Waals surface area contributed by atoms with Crippen molar-refractivity contribution in [2.24, 2.45) is 5.92 Å². The number of amides is 2. The molecule has 1 aromatic carbocycles. The monoisotopic (exact) mass is 484 g/mol. The zero-order valence-corrected chi connectivity index (χ0v) is 20.8. The Kier molecular flexibility index (Phi) is 7.93. The lowest BCUT2D eigenvalue weighted by molar-refractivity contribution is -0.126. The van der Waals surface area contributed by atoms with E-state index in [4.69, 9.17) is 9.47 Å². The summed E-state index contributed by atoms with van der Waals surface area (Å²) < 4.78 is 11.5. The van der Waals surface area contributed by atoms with E-state index in [-0.39, 0.29) is 42.6 Å². The van der Waals surface area contributed by atoms with Crippen molar-refractivity contribution < 1.29 is 28.7 Å². The number of nitrogens with one attached hydrogen (secondary N) is 1. The molecule has 1 aliphatic heterocycles. The van der Waals surface area contributed by atoms with Crippen LogP contribution in [0.5, 0.6) is 0 Å². The minimum absolute atomic E-state index is 0.00459. The summed E-state index contributed by atoms with van der Waals surface area (Å²) in [7, 11) is 0. The van der Waals surface area contributed by atoms with Crippen molar-refractivity contribution in [3.63, 3.8) is 0 Å². The Balaban J connectivity index is 2.06. The number of carbonyl (C=O) groups excluding carboxylic acids is 4. The van der Waals surface area contributed by atoms with Crippen molar-refractivity contribution in [1.82, 2.24) is 15.1 Å². The number of aromatic nitrogens is 2. The average Bonchev–Trinajstić information content (AvgIpc) is 3.23. The highest BCUT2D eigenvalue weighted by Gasteiger charge is 2.49. The fourth-order valence-corrected chi connectivity index (χ4v) is 3.94. The number of carbonyl (C=O) groups is 4. The number of benzene rings is 1. The molecule has 188 valence electrons. The van der Waals surface area contributed by atoms with E-state index in [2.05, 4.69) is 24.3 Å². The molecule has 35 heavy (non-hydrogen) atoms. The maximum absolute atomic E-state index is 13.7. The molecular weight excluding hydrogens is 452 g/mol. The molecule has 0 saturated heterocycles. The first kappa shape index (κ1) is 25.9. The SMILES string of the molecule is CCOC(=O)c1cccc(N2C(=O)c3cc(C(=O)OCC)nn3C[C@]2(C)C(=O)NCCC(C)C)c1. The van der Waals surface area contributed by atoms with Gasteiger partial charge >= 0.3 is 11.9 Å². The smallest absolute Gasteiger partial charge is 0.358 e. The van der Waals surface area contributed by atoms with E-state index in [1.54, 1.807) is 39.0 Å². The second-order valence-corrected chi connectivity index (χ2v) is 8.92. The van der Waals surface area contributed by atoms with Crippen molar-refractivity contribution in [1.29, 1.82) is 0 Å². The normalized spacial score (nSPS) is 17.2. The number of hydrogen-bond acceptors (Lipinski definition) is 7. The lowest BCUT2D eigenvalue weighted by Crippen LogP contribution is -2.64. The highest BCUT2D eigenvalue weighted by atomic mass is 16.5. The summed E-state index contributed by atoms with van der Waals surface area (Å²) in [6, 6.07) is 7.74. The Morgan fingerprint density at radius 3 is 2.46 bits per heavy atom. The number of fused-ring (bicyclic) bond motifs is 1. The summed E-state index contributed by atoms with van der Waals surface area (Å²) >= 11 is 0. The van der Waals surface area contributed by atoms with Crippen LogP contribution in [0.2, 0.25) is 0 Å².